The summed E-state index contributed by atoms with van der Waals surface area (Å²) in [6.45, 7) is 2.41. The Kier molecular flexibility index (Phi) is 6.70. The molecule has 0 unspecified atom stereocenters. The monoisotopic (exact) mass is 379 g/mol. The standard InChI is InChI=1S/C18H22FN3O3S/c1-2-13-9-15(11-16(19)10-13)7-8-21-18(23)22-26(24,25)17-5-3-14(12-20)4-6-17/h3-6,9-11H,2,7-8,12,20H2,1H3,(H2,21,22,23). The van der Waals surface area contributed by atoms with Gasteiger partial charge in [-0.1, -0.05) is 25.1 Å². The summed E-state index contributed by atoms with van der Waals surface area (Å²) >= 11 is 0. The number of amides is 2. The van der Waals surface area contributed by atoms with Crippen LogP contribution in [0.25, 0.3) is 0 Å². The van der Waals surface area contributed by atoms with E-state index in [2.05, 4.69) is 5.32 Å². The number of sulfonamides is 1. The average molecular weight is 379 g/mol. The van der Waals surface area contributed by atoms with Crippen molar-refractivity contribution in [3.05, 3.63) is 65.0 Å². The molecule has 0 aliphatic carbocycles. The first-order chi connectivity index (χ1) is 12.3. The predicted octanol–water partition coefficient (Wildman–Crippen LogP) is 2.08. The third kappa shape index (κ3) is 5.53. The Morgan fingerprint density at radius 1 is 1.08 bits per heavy atom. The maximum atomic E-state index is 13.5. The highest BCUT2D eigenvalue weighted by molar-refractivity contribution is 7.90. The van der Waals surface area contributed by atoms with Crippen molar-refractivity contribution in [2.75, 3.05) is 6.54 Å². The summed E-state index contributed by atoms with van der Waals surface area (Å²) in [6.07, 6.45) is 1.10. The van der Waals surface area contributed by atoms with Crippen LogP contribution in [0.3, 0.4) is 0 Å². The van der Waals surface area contributed by atoms with Gasteiger partial charge in [0, 0.05) is 13.1 Å². The van der Waals surface area contributed by atoms with Crippen molar-refractivity contribution in [3.8, 4) is 0 Å². The van der Waals surface area contributed by atoms with Crippen molar-refractivity contribution in [1.29, 1.82) is 0 Å². The Hall–Kier alpha value is -2.45. The highest BCUT2D eigenvalue weighted by Gasteiger charge is 2.17. The van der Waals surface area contributed by atoms with Gasteiger partial charge >= 0.3 is 6.03 Å². The first kappa shape index (κ1) is 19.9. The van der Waals surface area contributed by atoms with Gasteiger partial charge in [0.1, 0.15) is 5.82 Å². The number of hydrogen-bond acceptors (Lipinski definition) is 4. The van der Waals surface area contributed by atoms with Crippen molar-refractivity contribution in [3.63, 3.8) is 0 Å². The van der Waals surface area contributed by atoms with Crippen LogP contribution < -0.4 is 15.8 Å². The molecule has 2 aromatic rings. The van der Waals surface area contributed by atoms with Crippen LogP contribution in [-0.2, 0) is 29.4 Å². The second-order valence-electron chi connectivity index (χ2n) is 5.78. The number of nitrogens with two attached hydrogens (primary N) is 1. The number of carbonyl (C=O) groups is 1. The molecule has 0 atom stereocenters. The van der Waals surface area contributed by atoms with Crippen LogP contribution in [0.1, 0.15) is 23.6 Å². The smallest absolute Gasteiger partial charge is 0.328 e. The molecule has 0 radical (unpaired) electrons. The van der Waals surface area contributed by atoms with Crippen molar-refractivity contribution in [2.45, 2.75) is 31.2 Å². The lowest BCUT2D eigenvalue weighted by molar-refractivity contribution is 0.246. The van der Waals surface area contributed by atoms with Gasteiger partial charge in [0.15, 0.2) is 0 Å². The normalized spacial score (nSPS) is 11.2. The zero-order chi connectivity index (χ0) is 19.2. The zero-order valence-corrected chi connectivity index (χ0v) is 15.3. The van der Waals surface area contributed by atoms with E-state index in [1.165, 1.54) is 24.3 Å². The van der Waals surface area contributed by atoms with Crippen LogP contribution in [0.2, 0.25) is 0 Å². The molecule has 140 valence electrons. The fourth-order valence-electron chi connectivity index (χ4n) is 2.41. The van der Waals surface area contributed by atoms with Gasteiger partial charge < -0.3 is 11.1 Å². The maximum Gasteiger partial charge on any atom is 0.328 e. The zero-order valence-electron chi connectivity index (χ0n) is 14.5. The van der Waals surface area contributed by atoms with Gasteiger partial charge in [-0.15, -0.1) is 0 Å². The number of nitrogens with one attached hydrogen (secondary N) is 2. The van der Waals surface area contributed by atoms with E-state index < -0.39 is 16.1 Å². The minimum absolute atomic E-state index is 0.0254. The largest absolute Gasteiger partial charge is 0.337 e. The van der Waals surface area contributed by atoms with Crippen molar-refractivity contribution < 1.29 is 17.6 Å². The Bertz CT molecular complexity index is 868. The molecular formula is C18H22FN3O3S. The molecule has 2 rings (SSSR count). The molecule has 6 nitrogen and oxygen atoms in total. The molecule has 4 N–H and O–H groups in total. The first-order valence-electron chi connectivity index (χ1n) is 8.22. The molecule has 0 saturated carbocycles. The maximum absolute atomic E-state index is 13.5. The lowest BCUT2D eigenvalue weighted by Crippen LogP contribution is -2.40. The number of benzene rings is 2. The summed E-state index contributed by atoms with van der Waals surface area (Å²) in [6, 6.07) is 9.83. The van der Waals surface area contributed by atoms with Gasteiger partial charge in [-0.05, 0) is 53.8 Å². The lowest BCUT2D eigenvalue weighted by Gasteiger charge is -2.10. The third-order valence-corrected chi connectivity index (χ3v) is 5.17. The van der Waals surface area contributed by atoms with E-state index in [1.807, 2.05) is 17.7 Å². The van der Waals surface area contributed by atoms with Crippen molar-refractivity contribution in [2.24, 2.45) is 5.73 Å². The molecule has 0 aliphatic rings. The van der Waals surface area contributed by atoms with E-state index in [4.69, 9.17) is 5.73 Å². The van der Waals surface area contributed by atoms with E-state index in [0.717, 1.165) is 16.7 Å². The summed E-state index contributed by atoms with van der Waals surface area (Å²) in [5.74, 6) is -0.327. The Labute approximate surface area is 152 Å². The quantitative estimate of drug-likeness (QED) is 0.685. The molecule has 0 aromatic heterocycles. The number of aryl methyl sites for hydroxylation is 1. The molecular weight excluding hydrogens is 357 g/mol. The summed E-state index contributed by atoms with van der Waals surface area (Å²) in [4.78, 5) is 11.8. The molecule has 0 saturated heterocycles. The molecule has 2 aromatic carbocycles. The topological polar surface area (TPSA) is 101 Å². The second-order valence-corrected chi connectivity index (χ2v) is 7.46. The molecule has 0 fully saturated rings. The van der Waals surface area contributed by atoms with Crippen LogP contribution >= 0.6 is 0 Å². The van der Waals surface area contributed by atoms with Gasteiger partial charge in [0.25, 0.3) is 10.0 Å². The van der Waals surface area contributed by atoms with Crippen LogP contribution in [0.15, 0.2) is 47.4 Å². The summed E-state index contributed by atoms with van der Waals surface area (Å²) in [5.41, 5.74) is 7.86. The van der Waals surface area contributed by atoms with Gasteiger partial charge in [-0.25, -0.2) is 22.3 Å². The van der Waals surface area contributed by atoms with E-state index in [0.29, 0.717) is 19.4 Å². The third-order valence-electron chi connectivity index (χ3n) is 3.82. The number of carbonyl (C=O) groups excluding carboxylic acids is 1. The van der Waals surface area contributed by atoms with Crippen LogP contribution in [0.5, 0.6) is 0 Å². The average Bonchev–Trinajstić information content (AvgIpc) is 2.60. The number of urea groups is 1. The van der Waals surface area contributed by atoms with E-state index >= 15 is 0 Å². The molecule has 0 aliphatic heterocycles. The molecule has 0 bridgehead atoms. The number of hydrogen-bond donors (Lipinski definition) is 3. The highest BCUT2D eigenvalue weighted by atomic mass is 32.2. The number of halogens is 1. The molecule has 8 heteroatoms. The SMILES string of the molecule is CCc1cc(F)cc(CCNC(=O)NS(=O)(=O)c2ccc(CN)cc2)c1. The predicted molar refractivity (Wildman–Crippen MR) is 97.5 cm³/mol. The number of rotatable bonds is 7. The first-order valence-corrected chi connectivity index (χ1v) is 9.70. The van der Waals surface area contributed by atoms with Crippen molar-refractivity contribution in [1.82, 2.24) is 10.0 Å². The lowest BCUT2D eigenvalue weighted by atomic mass is 10.1. The fourth-order valence-corrected chi connectivity index (χ4v) is 3.34. The summed E-state index contributed by atoms with van der Waals surface area (Å²) < 4.78 is 39.7. The van der Waals surface area contributed by atoms with Crippen molar-refractivity contribution >= 4 is 16.1 Å². The second kappa shape index (κ2) is 8.77. The minimum Gasteiger partial charge on any atom is -0.337 e. The van der Waals surface area contributed by atoms with E-state index in [-0.39, 0.29) is 17.3 Å². The Morgan fingerprint density at radius 3 is 2.35 bits per heavy atom. The summed E-state index contributed by atoms with van der Waals surface area (Å²) in [7, 11) is -3.96. The molecule has 0 spiro atoms. The highest BCUT2D eigenvalue weighted by Crippen LogP contribution is 2.11. The van der Waals surface area contributed by atoms with E-state index in [9.17, 15) is 17.6 Å². The molecule has 0 heterocycles. The Morgan fingerprint density at radius 2 is 1.73 bits per heavy atom. The molecule has 26 heavy (non-hydrogen) atoms. The minimum atomic E-state index is -3.96. The van der Waals surface area contributed by atoms with Gasteiger partial charge in [-0.2, -0.15) is 0 Å². The van der Waals surface area contributed by atoms with Crippen LogP contribution in [0, 0.1) is 5.82 Å². The van der Waals surface area contributed by atoms with E-state index in [1.54, 1.807) is 12.1 Å². The van der Waals surface area contributed by atoms with Gasteiger partial charge in [0.2, 0.25) is 0 Å². The van der Waals surface area contributed by atoms with Crippen LogP contribution in [0.4, 0.5) is 9.18 Å². The van der Waals surface area contributed by atoms with Gasteiger partial charge in [0.05, 0.1) is 4.90 Å². The fraction of sp³-hybridized carbons (Fsp3) is 0.278. The van der Waals surface area contributed by atoms with Gasteiger partial charge in [-0.3, -0.25) is 0 Å². The Balaban J connectivity index is 1.90. The molecule has 2 amide bonds. The summed E-state index contributed by atoms with van der Waals surface area (Å²) in [5, 5.41) is 2.46. The van der Waals surface area contributed by atoms with Crippen LogP contribution in [-0.4, -0.2) is 21.0 Å².